The Bertz CT molecular complexity index is 679. The van der Waals surface area contributed by atoms with Crippen molar-refractivity contribution in [3.63, 3.8) is 0 Å². The normalized spacial score (nSPS) is 18.4. The van der Waals surface area contributed by atoms with Gasteiger partial charge in [0.25, 0.3) is 0 Å². The molecule has 2 heterocycles. The van der Waals surface area contributed by atoms with Crippen molar-refractivity contribution >= 4 is 5.91 Å². The van der Waals surface area contributed by atoms with Crippen LogP contribution < -0.4 is 0 Å². The first-order chi connectivity index (χ1) is 10.9. The van der Waals surface area contributed by atoms with Gasteiger partial charge in [0, 0.05) is 18.4 Å². The minimum absolute atomic E-state index is 0.0108. The number of benzene rings is 1. The van der Waals surface area contributed by atoms with Crippen LogP contribution in [0.3, 0.4) is 0 Å². The van der Waals surface area contributed by atoms with E-state index in [1.165, 1.54) is 6.07 Å². The number of nitrogens with zero attached hydrogens (tertiary/aromatic N) is 1. The molecule has 0 bridgehead atoms. The number of carbonyl (C=O) groups is 1. The highest BCUT2D eigenvalue weighted by Crippen LogP contribution is 2.32. The molecule has 0 spiro atoms. The van der Waals surface area contributed by atoms with Gasteiger partial charge < -0.3 is 9.88 Å². The third kappa shape index (κ3) is 3.41. The second-order valence-electron chi connectivity index (χ2n) is 5.75. The predicted molar refractivity (Wildman–Crippen MR) is 79.6 cm³/mol. The molecule has 1 aromatic heterocycles. The first kappa shape index (κ1) is 15.6. The van der Waals surface area contributed by atoms with Crippen LogP contribution >= 0.6 is 0 Å². The molecule has 0 aliphatic carbocycles. The number of carbonyl (C=O) groups excluding carboxylic acids is 1. The number of H-pyrrole nitrogens is 1. The Morgan fingerprint density at radius 3 is 2.78 bits per heavy atom. The number of aromatic nitrogens is 1. The highest BCUT2D eigenvalue weighted by atomic mass is 19.4. The van der Waals surface area contributed by atoms with E-state index in [0.717, 1.165) is 30.7 Å². The molecule has 2 aromatic rings. The molecular weight excluding hydrogens is 305 g/mol. The number of nitrogens with one attached hydrogen (secondary N) is 1. The van der Waals surface area contributed by atoms with Gasteiger partial charge in [-0.05, 0) is 36.6 Å². The van der Waals surface area contributed by atoms with E-state index in [1.54, 1.807) is 11.0 Å². The van der Waals surface area contributed by atoms with Crippen LogP contribution in [0.2, 0.25) is 0 Å². The Kier molecular flexibility index (Phi) is 4.15. The summed E-state index contributed by atoms with van der Waals surface area (Å²) in [7, 11) is 0. The predicted octanol–water partition coefficient (Wildman–Crippen LogP) is 3.94. The lowest BCUT2D eigenvalue weighted by molar-refractivity contribution is -0.138. The summed E-state index contributed by atoms with van der Waals surface area (Å²) in [4.78, 5) is 17.4. The van der Waals surface area contributed by atoms with E-state index < -0.39 is 11.7 Å². The number of amides is 1. The molecule has 1 amide bonds. The van der Waals surface area contributed by atoms with Crippen molar-refractivity contribution in [2.24, 2.45) is 0 Å². The van der Waals surface area contributed by atoms with Gasteiger partial charge in [-0.2, -0.15) is 13.2 Å². The molecule has 1 fully saturated rings. The van der Waals surface area contributed by atoms with Crippen LogP contribution in [0.25, 0.3) is 0 Å². The van der Waals surface area contributed by atoms with Crippen molar-refractivity contribution in [3.8, 4) is 0 Å². The number of hydrogen-bond donors (Lipinski definition) is 1. The average Bonchev–Trinajstić information content (AvgIpc) is 3.17. The fourth-order valence-electron chi connectivity index (χ4n) is 3.07. The Labute approximate surface area is 132 Å². The topological polar surface area (TPSA) is 36.1 Å². The highest BCUT2D eigenvalue weighted by molar-refractivity contribution is 5.79. The highest BCUT2D eigenvalue weighted by Gasteiger charge is 2.32. The van der Waals surface area contributed by atoms with Crippen LogP contribution in [0.4, 0.5) is 13.2 Å². The molecule has 1 aliphatic heterocycles. The fourth-order valence-corrected chi connectivity index (χ4v) is 3.07. The van der Waals surface area contributed by atoms with E-state index in [4.69, 9.17) is 0 Å². The molecular formula is C17H17F3N2O. The molecule has 0 radical (unpaired) electrons. The third-order valence-corrected chi connectivity index (χ3v) is 4.16. The van der Waals surface area contributed by atoms with Crippen molar-refractivity contribution < 1.29 is 18.0 Å². The van der Waals surface area contributed by atoms with Gasteiger partial charge in [-0.3, -0.25) is 4.79 Å². The van der Waals surface area contributed by atoms with Gasteiger partial charge >= 0.3 is 6.18 Å². The van der Waals surface area contributed by atoms with Crippen molar-refractivity contribution in [1.29, 1.82) is 0 Å². The van der Waals surface area contributed by atoms with Gasteiger partial charge in [-0.25, -0.2) is 0 Å². The molecule has 1 atom stereocenters. The SMILES string of the molecule is O=C(Cc1cccc(C(F)(F)F)c1)N1CCC[C@H]1c1ccc[nH]1. The molecule has 0 saturated carbocycles. The number of halogens is 3. The molecule has 3 nitrogen and oxygen atoms in total. The van der Waals surface area contributed by atoms with E-state index in [0.29, 0.717) is 12.1 Å². The lowest BCUT2D eigenvalue weighted by Gasteiger charge is -2.24. The minimum Gasteiger partial charge on any atom is -0.363 e. The second-order valence-corrected chi connectivity index (χ2v) is 5.75. The van der Waals surface area contributed by atoms with E-state index in [-0.39, 0.29) is 18.4 Å². The smallest absolute Gasteiger partial charge is 0.363 e. The number of rotatable bonds is 3. The maximum Gasteiger partial charge on any atom is 0.416 e. The first-order valence-electron chi connectivity index (χ1n) is 7.54. The van der Waals surface area contributed by atoms with Crippen LogP contribution in [0.15, 0.2) is 42.6 Å². The number of aromatic amines is 1. The Morgan fingerprint density at radius 2 is 2.09 bits per heavy atom. The van der Waals surface area contributed by atoms with E-state index in [2.05, 4.69) is 4.98 Å². The summed E-state index contributed by atoms with van der Waals surface area (Å²) < 4.78 is 38.3. The molecule has 1 aliphatic rings. The van der Waals surface area contributed by atoms with E-state index in [9.17, 15) is 18.0 Å². The van der Waals surface area contributed by atoms with Crippen LogP contribution in [0.1, 0.15) is 35.7 Å². The summed E-state index contributed by atoms with van der Waals surface area (Å²) in [5.41, 5.74) is 0.645. The zero-order valence-corrected chi connectivity index (χ0v) is 12.4. The van der Waals surface area contributed by atoms with Crippen LogP contribution in [0, 0.1) is 0 Å². The van der Waals surface area contributed by atoms with Gasteiger partial charge in [-0.15, -0.1) is 0 Å². The zero-order valence-electron chi connectivity index (χ0n) is 12.4. The molecule has 23 heavy (non-hydrogen) atoms. The number of alkyl halides is 3. The van der Waals surface area contributed by atoms with Gasteiger partial charge in [0.05, 0.1) is 18.0 Å². The van der Waals surface area contributed by atoms with E-state index in [1.807, 2.05) is 18.3 Å². The standard InChI is InChI=1S/C17H17F3N2O/c18-17(19,20)13-5-1-4-12(10-13)11-16(23)22-9-3-7-15(22)14-6-2-8-21-14/h1-2,4-6,8,10,15,21H,3,7,9,11H2/t15-/m0/s1. The first-order valence-corrected chi connectivity index (χ1v) is 7.54. The van der Waals surface area contributed by atoms with Crippen LogP contribution in [-0.2, 0) is 17.4 Å². The second kappa shape index (κ2) is 6.10. The zero-order chi connectivity index (χ0) is 16.4. The van der Waals surface area contributed by atoms with Crippen molar-refractivity contribution in [2.75, 3.05) is 6.54 Å². The quantitative estimate of drug-likeness (QED) is 0.913. The van der Waals surface area contributed by atoms with Crippen molar-refractivity contribution in [3.05, 3.63) is 59.4 Å². The molecule has 1 saturated heterocycles. The maximum atomic E-state index is 12.8. The Balaban J connectivity index is 1.74. The molecule has 6 heteroatoms. The average molecular weight is 322 g/mol. The fraction of sp³-hybridized carbons (Fsp3) is 0.353. The summed E-state index contributed by atoms with van der Waals surface area (Å²) in [6.07, 6.45) is -0.823. The van der Waals surface area contributed by atoms with Crippen molar-refractivity contribution in [2.45, 2.75) is 31.5 Å². The van der Waals surface area contributed by atoms with Gasteiger partial charge in [0.15, 0.2) is 0 Å². The lowest BCUT2D eigenvalue weighted by Crippen LogP contribution is -2.32. The summed E-state index contributed by atoms with van der Waals surface area (Å²) in [6, 6.07) is 8.78. The third-order valence-electron chi connectivity index (χ3n) is 4.16. The number of hydrogen-bond acceptors (Lipinski definition) is 1. The maximum absolute atomic E-state index is 12.8. The molecule has 1 N–H and O–H groups in total. The minimum atomic E-state index is -4.39. The molecule has 122 valence electrons. The summed E-state index contributed by atoms with van der Waals surface area (Å²) >= 11 is 0. The largest absolute Gasteiger partial charge is 0.416 e. The van der Waals surface area contributed by atoms with Crippen molar-refractivity contribution in [1.82, 2.24) is 9.88 Å². The van der Waals surface area contributed by atoms with Gasteiger partial charge in [0.2, 0.25) is 5.91 Å². The van der Waals surface area contributed by atoms with E-state index >= 15 is 0 Å². The molecule has 1 aromatic carbocycles. The lowest BCUT2D eigenvalue weighted by atomic mass is 10.1. The Morgan fingerprint density at radius 1 is 1.26 bits per heavy atom. The molecule has 0 unspecified atom stereocenters. The van der Waals surface area contributed by atoms with Crippen LogP contribution in [0.5, 0.6) is 0 Å². The van der Waals surface area contributed by atoms with Gasteiger partial charge in [0.1, 0.15) is 0 Å². The Hall–Kier alpha value is -2.24. The summed E-state index contributed by atoms with van der Waals surface area (Å²) in [5.74, 6) is -0.138. The summed E-state index contributed by atoms with van der Waals surface area (Å²) in [6.45, 7) is 0.640. The summed E-state index contributed by atoms with van der Waals surface area (Å²) in [5, 5.41) is 0. The van der Waals surface area contributed by atoms with Gasteiger partial charge in [-0.1, -0.05) is 18.2 Å². The monoisotopic (exact) mass is 322 g/mol. The molecule has 3 rings (SSSR count). The number of likely N-dealkylation sites (tertiary alicyclic amines) is 1. The van der Waals surface area contributed by atoms with Crippen LogP contribution in [-0.4, -0.2) is 22.3 Å².